The summed E-state index contributed by atoms with van der Waals surface area (Å²) in [5, 5.41) is 4.43. The predicted octanol–water partition coefficient (Wildman–Crippen LogP) is 17.3. The van der Waals surface area contributed by atoms with Gasteiger partial charge in [0.2, 0.25) is 0 Å². The van der Waals surface area contributed by atoms with Crippen molar-refractivity contribution in [3.05, 3.63) is 237 Å². The van der Waals surface area contributed by atoms with Gasteiger partial charge in [-0.25, -0.2) is 0 Å². The van der Waals surface area contributed by atoms with E-state index >= 15 is 0 Å². The maximum atomic E-state index is 6.67. The molecule has 0 aliphatic heterocycles. The smallest absolute Gasteiger partial charge is 0.159 e. The van der Waals surface area contributed by atoms with E-state index in [0.29, 0.717) is 0 Å². The fourth-order valence-corrected chi connectivity index (χ4v) is 9.44. The quantitative estimate of drug-likeness (QED) is 0.153. The lowest BCUT2D eigenvalue weighted by molar-refractivity contribution is 0.668. The third-order valence-corrected chi connectivity index (χ3v) is 12.3. The van der Waals surface area contributed by atoms with E-state index < -0.39 is 0 Å². The number of fused-ring (bicyclic) bond motifs is 6. The highest BCUT2D eigenvalue weighted by Gasteiger charge is 2.21. The van der Waals surface area contributed by atoms with Gasteiger partial charge in [-0.3, -0.25) is 0 Å². The summed E-state index contributed by atoms with van der Waals surface area (Å²) in [6, 6.07) is 84.0. The summed E-state index contributed by atoms with van der Waals surface area (Å²) < 4.78 is 12.9. The van der Waals surface area contributed by atoms with Crippen LogP contribution in [0.1, 0.15) is 0 Å². The van der Waals surface area contributed by atoms with E-state index in [4.69, 9.17) is 8.83 Å². The summed E-state index contributed by atoms with van der Waals surface area (Å²) in [5.74, 6) is 0. The average Bonchev–Trinajstić information content (AvgIpc) is 3.94. The second kappa shape index (κ2) is 15.3. The number of rotatable bonds is 8. The molecule has 0 atom stereocenters. The lowest BCUT2D eigenvalue weighted by atomic mass is 9.87. The van der Waals surface area contributed by atoms with Crippen molar-refractivity contribution < 1.29 is 8.83 Å². The van der Waals surface area contributed by atoms with Crippen LogP contribution in [0.15, 0.2) is 245 Å². The number of furan rings is 2. The minimum Gasteiger partial charge on any atom is -0.456 e. The van der Waals surface area contributed by atoms with E-state index in [1.807, 2.05) is 24.3 Å². The molecule has 2 heterocycles. The molecule has 0 amide bonds. The van der Waals surface area contributed by atoms with Crippen LogP contribution in [0.5, 0.6) is 0 Å². The van der Waals surface area contributed by atoms with Crippen LogP contribution in [0, 0.1) is 0 Å². The van der Waals surface area contributed by atoms with E-state index in [0.717, 1.165) is 77.6 Å². The molecular weight excluding hydrogens is 767 g/mol. The number of hydrogen-bond acceptors (Lipinski definition) is 3. The highest BCUT2D eigenvalue weighted by Crippen LogP contribution is 2.45. The molecule has 12 rings (SSSR count). The summed E-state index contributed by atoms with van der Waals surface area (Å²) >= 11 is 0. The highest BCUT2D eigenvalue weighted by molar-refractivity contribution is 6.13. The maximum Gasteiger partial charge on any atom is 0.159 e. The third-order valence-electron chi connectivity index (χ3n) is 12.3. The van der Waals surface area contributed by atoms with Crippen LogP contribution in [-0.4, -0.2) is 0 Å². The molecule has 0 aliphatic rings. The van der Waals surface area contributed by atoms with E-state index in [2.05, 4.69) is 217 Å². The van der Waals surface area contributed by atoms with Crippen molar-refractivity contribution in [2.45, 2.75) is 0 Å². The molecule has 3 nitrogen and oxygen atoms in total. The van der Waals surface area contributed by atoms with E-state index in [-0.39, 0.29) is 0 Å². The van der Waals surface area contributed by atoms with Crippen LogP contribution in [0.4, 0.5) is 17.1 Å². The largest absolute Gasteiger partial charge is 0.456 e. The Hall–Kier alpha value is -8.40. The molecular formula is C60H39NO2. The molecule has 2 aromatic heterocycles. The van der Waals surface area contributed by atoms with Crippen LogP contribution in [0.2, 0.25) is 0 Å². The molecule has 63 heavy (non-hydrogen) atoms. The standard InChI is InChI=1S/C60H39NO2/c1-2-16-40(17-3-1)45-18-4-6-20-48(45)50-22-8-9-23-51(50)49-21-7-5-19-46(49)41-32-36-43(37-33-41)61(55-28-14-27-53-52-24-10-12-29-56(52)63-60(53)55)44-38-34-42(35-39-44)47-26-15-31-58-59(47)54-25-11-13-30-57(54)62-58/h1-39H. The molecule has 0 saturated carbocycles. The Kier molecular flexibility index (Phi) is 8.83. The van der Waals surface area contributed by atoms with Gasteiger partial charge in [-0.2, -0.15) is 0 Å². The van der Waals surface area contributed by atoms with Crippen LogP contribution >= 0.6 is 0 Å². The molecule has 0 bridgehead atoms. The number of anilines is 3. The Labute approximate surface area is 365 Å². The van der Waals surface area contributed by atoms with E-state index in [1.54, 1.807) is 0 Å². The molecule has 296 valence electrons. The van der Waals surface area contributed by atoms with Crippen molar-refractivity contribution in [1.29, 1.82) is 0 Å². The molecule has 3 heteroatoms. The van der Waals surface area contributed by atoms with Gasteiger partial charge >= 0.3 is 0 Å². The topological polar surface area (TPSA) is 29.5 Å². The van der Waals surface area contributed by atoms with Crippen LogP contribution in [-0.2, 0) is 0 Å². The molecule has 0 spiro atoms. The average molecular weight is 806 g/mol. The van der Waals surface area contributed by atoms with Crippen molar-refractivity contribution in [2.75, 3.05) is 4.90 Å². The summed E-state index contributed by atoms with van der Waals surface area (Å²) in [4.78, 5) is 2.31. The van der Waals surface area contributed by atoms with Gasteiger partial charge < -0.3 is 13.7 Å². The molecule has 0 N–H and O–H groups in total. The van der Waals surface area contributed by atoms with Crippen molar-refractivity contribution in [1.82, 2.24) is 0 Å². The maximum absolute atomic E-state index is 6.67. The van der Waals surface area contributed by atoms with Crippen molar-refractivity contribution >= 4 is 60.9 Å². The summed E-state index contributed by atoms with van der Waals surface area (Å²) in [7, 11) is 0. The summed E-state index contributed by atoms with van der Waals surface area (Å²) in [5.41, 5.74) is 18.3. The fraction of sp³-hybridized carbons (Fsp3) is 0. The molecule has 0 saturated heterocycles. The van der Waals surface area contributed by atoms with Gasteiger partial charge in [0.25, 0.3) is 0 Å². The first-order valence-electron chi connectivity index (χ1n) is 21.4. The van der Waals surface area contributed by atoms with E-state index in [1.165, 1.54) is 38.9 Å². The summed E-state index contributed by atoms with van der Waals surface area (Å²) in [6.07, 6.45) is 0. The SMILES string of the molecule is c1ccc(-c2ccccc2-c2ccccc2-c2ccccc2-c2ccc(N(c3ccc(-c4cccc5oc6ccccc6c45)cc3)c3cccc4c3oc3ccccc34)cc2)cc1. The normalized spacial score (nSPS) is 11.5. The monoisotopic (exact) mass is 805 g/mol. The number of hydrogen-bond donors (Lipinski definition) is 0. The van der Waals surface area contributed by atoms with Gasteiger partial charge in [0, 0.05) is 32.9 Å². The Bertz CT molecular complexity index is 3620. The number of benzene rings is 10. The second-order valence-corrected chi connectivity index (χ2v) is 16.0. The van der Waals surface area contributed by atoms with Gasteiger partial charge in [-0.15, -0.1) is 0 Å². The van der Waals surface area contributed by atoms with Gasteiger partial charge in [0.05, 0.1) is 5.69 Å². The van der Waals surface area contributed by atoms with Crippen molar-refractivity contribution in [3.63, 3.8) is 0 Å². The van der Waals surface area contributed by atoms with Crippen LogP contribution in [0.25, 0.3) is 99.5 Å². The Morgan fingerprint density at radius 3 is 1.29 bits per heavy atom. The minimum atomic E-state index is 0.847. The molecule has 12 aromatic rings. The lowest BCUT2D eigenvalue weighted by Gasteiger charge is -2.26. The van der Waals surface area contributed by atoms with Crippen LogP contribution < -0.4 is 4.90 Å². The zero-order chi connectivity index (χ0) is 41.7. The van der Waals surface area contributed by atoms with E-state index in [9.17, 15) is 0 Å². The number of para-hydroxylation sites is 3. The predicted molar refractivity (Wildman–Crippen MR) is 263 cm³/mol. The zero-order valence-corrected chi connectivity index (χ0v) is 34.3. The number of nitrogens with zero attached hydrogens (tertiary/aromatic N) is 1. The van der Waals surface area contributed by atoms with Crippen LogP contribution in [0.3, 0.4) is 0 Å². The first-order chi connectivity index (χ1) is 31.3. The molecule has 10 aromatic carbocycles. The first kappa shape index (κ1) is 36.5. The Morgan fingerprint density at radius 1 is 0.254 bits per heavy atom. The Morgan fingerprint density at radius 2 is 0.667 bits per heavy atom. The van der Waals surface area contributed by atoms with Gasteiger partial charge in [-0.05, 0) is 104 Å². The minimum absolute atomic E-state index is 0.847. The first-order valence-corrected chi connectivity index (χ1v) is 21.4. The lowest BCUT2D eigenvalue weighted by Crippen LogP contribution is -2.10. The second-order valence-electron chi connectivity index (χ2n) is 16.0. The fourth-order valence-electron chi connectivity index (χ4n) is 9.44. The molecule has 0 unspecified atom stereocenters. The molecule has 0 fully saturated rings. The van der Waals surface area contributed by atoms with Gasteiger partial charge in [-0.1, -0.05) is 188 Å². The van der Waals surface area contributed by atoms with Gasteiger partial charge in [0.15, 0.2) is 5.58 Å². The van der Waals surface area contributed by atoms with Crippen molar-refractivity contribution in [3.8, 4) is 55.6 Å². The molecule has 0 aliphatic carbocycles. The summed E-state index contributed by atoms with van der Waals surface area (Å²) in [6.45, 7) is 0. The Balaban J connectivity index is 0.973. The molecule has 0 radical (unpaired) electrons. The zero-order valence-electron chi connectivity index (χ0n) is 34.3. The highest BCUT2D eigenvalue weighted by atomic mass is 16.3. The third kappa shape index (κ3) is 6.29. The van der Waals surface area contributed by atoms with Gasteiger partial charge in [0.1, 0.15) is 16.7 Å². The van der Waals surface area contributed by atoms with Crippen molar-refractivity contribution in [2.24, 2.45) is 0 Å².